The lowest BCUT2D eigenvalue weighted by molar-refractivity contribution is 0.0937. The molecular formula is C27H28N4O3. The van der Waals surface area contributed by atoms with Crippen LogP contribution in [0.3, 0.4) is 0 Å². The fraction of sp³-hybridized carbons (Fsp3) is 0.259. The number of benzene rings is 3. The van der Waals surface area contributed by atoms with Crippen LogP contribution in [0.5, 0.6) is 11.5 Å². The highest BCUT2D eigenvalue weighted by Crippen LogP contribution is 2.34. The van der Waals surface area contributed by atoms with Crippen molar-refractivity contribution in [3.8, 4) is 34.0 Å². The van der Waals surface area contributed by atoms with Crippen molar-refractivity contribution in [2.75, 3.05) is 0 Å². The first kappa shape index (κ1) is 23.2. The molecule has 1 aromatic heterocycles. The van der Waals surface area contributed by atoms with E-state index in [1.54, 1.807) is 19.1 Å². The minimum absolute atomic E-state index is 0.0146. The Bertz CT molecular complexity index is 1310. The van der Waals surface area contributed by atoms with Gasteiger partial charge in [-0.3, -0.25) is 4.79 Å². The summed E-state index contributed by atoms with van der Waals surface area (Å²) in [6.07, 6.45) is 0.362. The number of hydrogen-bond acceptors (Lipinski definition) is 6. The highest BCUT2D eigenvalue weighted by Gasteiger charge is 2.21. The van der Waals surface area contributed by atoms with Crippen LogP contribution in [0, 0.1) is 12.3 Å². The fourth-order valence-electron chi connectivity index (χ4n) is 3.77. The van der Waals surface area contributed by atoms with E-state index in [1.807, 2.05) is 63.2 Å². The molecule has 7 nitrogen and oxygen atoms in total. The Morgan fingerprint density at radius 1 is 1.00 bits per heavy atom. The van der Waals surface area contributed by atoms with Gasteiger partial charge >= 0.3 is 0 Å². The number of nitrogens with one attached hydrogen (secondary N) is 1. The lowest BCUT2D eigenvalue weighted by atomic mass is 9.87. The summed E-state index contributed by atoms with van der Waals surface area (Å²) in [5.74, 6) is 1.07. The van der Waals surface area contributed by atoms with Crippen LogP contribution in [-0.2, 0) is 6.61 Å². The van der Waals surface area contributed by atoms with E-state index < -0.39 is 0 Å². The van der Waals surface area contributed by atoms with Crippen LogP contribution in [0.4, 0.5) is 0 Å². The van der Waals surface area contributed by atoms with E-state index in [2.05, 4.69) is 26.7 Å². The third kappa shape index (κ3) is 5.31. The summed E-state index contributed by atoms with van der Waals surface area (Å²) >= 11 is 0. The number of phenols is 1. The number of carbonyl (C=O) groups is 1. The molecule has 0 saturated carbocycles. The fourth-order valence-corrected chi connectivity index (χ4v) is 3.77. The van der Waals surface area contributed by atoms with Crippen LogP contribution in [0.15, 0.2) is 60.7 Å². The number of ketones is 1. The average molecular weight is 457 g/mol. The van der Waals surface area contributed by atoms with Gasteiger partial charge in [-0.25, -0.2) is 5.10 Å². The number of ether oxygens (including phenoxy) is 1. The maximum atomic E-state index is 12.6. The third-order valence-electron chi connectivity index (χ3n) is 5.51. The molecule has 0 unspecified atom stereocenters. The standard InChI is InChI=1S/C27H28N4O3/c1-17-24(12-11-22(25(17)33)23(32)15-27(2,3)4)34-16-18-7-5-8-19(13-18)20-9-6-10-21(14-20)26-28-30-31-29-26/h5-14,33H,15-16H2,1-4H3,(H,28,29,30,31). The van der Waals surface area contributed by atoms with Crippen molar-refractivity contribution >= 4 is 5.78 Å². The van der Waals surface area contributed by atoms with Gasteiger partial charge in [-0.2, -0.15) is 0 Å². The second kappa shape index (κ2) is 9.47. The van der Waals surface area contributed by atoms with E-state index in [9.17, 15) is 9.90 Å². The van der Waals surface area contributed by atoms with E-state index in [1.165, 1.54) is 0 Å². The first-order chi connectivity index (χ1) is 16.2. The van der Waals surface area contributed by atoms with E-state index in [0.29, 0.717) is 35.7 Å². The molecule has 0 spiro atoms. The topological polar surface area (TPSA) is 101 Å². The largest absolute Gasteiger partial charge is 0.507 e. The second-order valence-corrected chi connectivity index (χ2v) is 9.57. The number of aromatic nitrogens is 4. The summed E-state index contributed by atoms with van der Waals surface area (Å²) < 4.78 is 6.01. The molecule has 4 rings (SSSR count). The van der Waals surface area contributed by atoms with Gasteiger partial charge in [-0.05, 0) is 63.7 Å². The number of nitrogens with zero attached hydrogens (tertiary/aromatic N) is 3. The zero-order valence-corrected chi connectivity index (χ0v) is 19.8. The van der Waals surface area contributed by atoms with Gasteiger partial charge in [0.1, 0.15) is 18.1 Å². The van der Waals surface area contributed by atoms with Crippen molar-refractivity contribution in [3.05, 3.63) is 77.4 Å². The molecule has 0 aliphatic carbocycles. The molecule has 7 heteroatoms. The van der Waals surface area contributed by atoms with Crippen molar-refractivity contribution in [2.45, 2.75) is 40.7 Å². The lowest BCUT2D eigenvalue weighted by Crippen LogP contribution is -2.13. The number of tetrazole rings is 1. The first-order valence-corrected chi connectivity index (χ1v) is 11.1. The maximum absolute atomic E-state index is 12.6. The first-order valence-electron chi connectivity index (χ1n) is 11.1. The van der Waals surface area contributed by atoms with Gasteiger partial charge < -0.3 is 9.84 Å². The Morgan fingerprint density at radius 3 is 2.41 bits per heavy atom. The van der Waals surface area contributed by atoms with Gasteiger partial charge in [0.15, 0.2) is 11.6 Å². The average Bonchev–Trinajstić information content (AvgIpc) is 3.34. The number of carbonyl (C=O) groups excluding carboxylic acids is 1. The molecule has 0 atom stereocenters. The highest BCUT2D eigenvalue weighted by molar-refractivity contribution is 5.99. The summed E-state index contributed by atoms with van der Waals surface area (Å²) in [4.78, 5) is 12.6. The van der Waals surface area contributed by atoms with Crippen molar-refractivity contribution in [2.24, 2.45) is 5.41 Å². The molecular weight excluding hydrogens is 428 g/mol. The molecule has 34 heavy (non-hydrogen) atoms. The van der Waals surface area contributed by atoms with Gasteiger partial charge in [0.2, 0.25) is 0 Å². The molecule has 0 bridgehead atoms. The Labute approximate surface area is 198 Å². The normalized spacial score (nSPS) is 11.4. The molecule has 3 aromatic carbocycles. The minimum atomic E-state index is -0.150. The predicted octanol–water partition coefficient (Wildman–Crippen LogP) is 5.75. The van der Waals surface area contributed by atoms with Crippen LogP contribution >= 0.6 is 0 Å². The van der Waals surface area contributed by atoms with Gasteiger partial charge in [-0.1, -0.05) is 57.2 Å². The number of phenolic OH excluding ortho intramolecular Hbond substituents is 1. The highest BCUT2D eigenvalue weighted by atomic mass is 16.5. The zero-order valence-electron chi connectivity index (χ0n) is 19.8. The quantitative estimate of drug-likeness (QED) is 0.344. The number of aromatic hydroxyl groups is 1. The summed E-state index contributed by atoms with van der Waals surface area (Å²) in [6, 6.07) is 19.4. The van der Waals surface area contributed by atoms with Crippen LogP contribution in [-0.4, -0.2) is 31.5 Å². The van der Waals surface area contributed by atoms with E-state index in [-0.39, 0.29) is 16.9 Å². The summed E-state index contributed by atoms with van der Waals surface area (Å²) in [5.41, 5.74) is 4.70. The Kier molecular flexibility index (Phi) is 6.45. The Balaban J connectivity index is 1.50. The van der Waals surface area contributed by atoms with E-state index >= 15 is 0 Å². The van der Waals surface area contributed by atoms with Crippen LogP contribution < -0.4 is 4.74 Å². The molecule has 0 radical (unpaired) electrons. The van der Waals surface area contributed by atoms with Crippen molar-refractivity contribution in [3.63, 3.8) is 0 Å². The molecule has 1 heterocycles. The summed E-state index contributed by atoms with van der Waals surface area (Å²) in [6.45, 7) is 8.10. The number of H-pyrrole nitrogens is 1. The van der Waals surface area contributed by atoms with Crippen LogP contribution in [0.25, 0.3) is 22.5 Å². The second-order valence-electron chi connectivity index (χ2n) is 9.57. The minimum Gasteiger partial charge on any atom is -0.507 e. The number of aromatic amines is 1. The van der Waals surface area contributed by atoms with Gasteiger partial charge in [-0.15, -0.1) is 5.10 Å². The molecule has 0 amide bonds. The summed E-state index contributed by atoms with van der Waals surface area (Å²) in [5, 5.41) is 24.7. The molecule has 2 N–H and O–H groups in total. The van der Waals surface area contributed by atoms with Gasteiger partial charge in [0.25, 0.3) is 0 Å². The van der Waals surface area contributed by atoms with Crippen molar-refractivity contribution in [1.82, 2.24) is 20.6 Å². The number of rotatable bonds is 7. The predicted molar refractivity (Wildman–Crippen MR) is 131 cm³/mol. The number of Topliss-reactive ketones (excluding diaryl/α,β-unsaturated/α-hetero) is 1. The SMILES string of the molecule is Cc1c(OCc2cccc(-c3cccc(-c4nnn[nH]4)c3)c2)ccc(C(=O)CC(C)(C)C)c1O. The monoisotopic (exact) mass is 456 g/mol. The smallest absolute Gasteiger partial charge is 0.179 e. The van der Waals surface area contributed by atoms with Crippen LogP contribution in [0.1, 0.15) is 48.7 Å². The summed E-state index contributed by atoms with van der Waals surface area (Å²) in [7, 11) is 0. The number of hydrogen-bond donors (Lipinski definition) is 2. The van der Waals surface area contributed by atoms with Crippen LogP contribution in [0.2, 0.25) is 0 Å². The van der Waals surface area contributed by atoms with Crippen molar-refractivity contribution in [1.29, 1.82) is 0 Å². The molecule has 0 fully saturated rings. The van der Waals surface area contributed by atoms with Crippen molar-refractivity contribution < 1.29 is 14.6 Å². The van der Waals surface area contributed by atoms with Gasteiger partial charge in [0, 0.05) is 17.5 Å². The van der Waals surface area contributed by atoms with E-state index in [0.717, 1.165) is 22.3 Å². The lowest BCUT2D eigenvalue weighted by Gasteiger charge is -2.18. The zero-order chi connectivity index (χ0) is 24.3. The van der Waals surface area contributed by atoms with Gasteiger partial charge in [0.05, 0.1) is 5.56 Å². The molecule has 0 aliphatic heterocycles. The maximum Gasteiger partial charge on any atom is 0.179 e. The molecule has 4 aromatic rings. The molecule has 174 valence electrons. The molecule has 0 aliphatic rings. The third-order valence-corrected chi connectivity index (χ3v) is 5.51. The Morgan fingerprint density at radius 2 is 1.71 bits per heavy atom. The Hall–Kier alpha value is -4.00. The molecule has 0 saturated heterocycles. The van der Waals surface area contributed by atoms with E-state index in [4.69, 9.17) is 4.74 Å².